The van der Waals surface area contributed by atoms with E-state index in [0.717, 1.165) is 22.6 Å². The Morgan fingerprint density at radius 3 is 2.95 bits per heavy atom. The van der Waals surface area contributed by atoms with Crippen LogP contribution in [0.5, 0.6) is 0 Å². The van der Waals surface area contributed by atoms with E-state index in [4.69, 9.17) is 5.11 Å². The largest absolute Gasteiger partial charge is 0.481 e. The minimum Gasteiger partial charge on any atom is -0.481 e. The molecule has 1 aromatic heterocycles. The van der Waals surface area contributed by atoms with E-state index in [0.29, 0.717) is 12.0 Å². The number of imidazole rings is 1. The van der Waals surface area contributed by atoms with Crippen molar-refractivity contribution >= 4 is 28.8 Å². The van der Waals surface area contributed by atoms with Gasteiger partial charge < -0.3 is 9.67 Å². The summed E-state index contributed by atoms with van der Waals surface area (Å²) in [6.07, 6.45) is 3.63. The predicted octanol–water partition coefficient (Wildman–Crippen LogP) is 3.57. The van der Waals surface area contributed by atoms with Gasteiger partial charge in [0.05, 0.1) is 16.8 Å². The summed E-state index contributed by atoms with van der Waals surface area (Å²) in [6, 6.07) is 8.52. The van der Waals surface area contributed by atoms with Crippen LogP contribution in [-0.4, -0.2) is 26.4 Å². The van der Waals surface area contributed by atoms with Crippen molar-refractivity contribution in [2.75, 3.05) is 5.75 Å². The second-order valence-corrected chi connectivity index (χ2v) is 6.35. The fourth-order valence-corrected chi connectivity index (χ4v) is 3.87. The number of hydrogen-bond acceptors (Lipinski definition) is 3. The molecule has 20 heavy (non-hydrogen) atoms. The molecule has 0 saturated heterocycles. The predicted molar refractivity (Wildman–Crippen MR) is 80.1 cm³/mol. The smallest absolute Gasteiger partial charge is 0.313 e. The van der Waals surface area contributed by atoms with Gasteiger partial charge in [-0.3, -0.25) is 4.79 Å². The third-order valence-corrected chi connectivity index (χ3v) is 4.97. The lowest BCUT2D eigenvalue weighted by molar-refractivity contribution is -0.133. The zero-order valence-corrected chi connectivity index (χ0v) is 12.3. The maximum absolute atomic E-state index is 10.8. The molecule has 0 bridgehead atoms. The first-order valence-electron chi connectivity index (χ1n) is 6.98. The van der Waals surface area contributed by atoms with Crippen LogP contribution in [0.4, 0.5) is 0 Å². The van der Waals surface area contributed by atoms with Crippen LogP contribution < -0.4 is 0 Å². The molecular formula is C15H18N2O2S. The van der Waals surface area contributed by atoms with Crippen molar-refractivity contribution in [1.29, 1.82) is 0 Å². The number of rotatable bonds is 4. The Labute approximate surface area is 122 Å². The highest BCUT2D eigenvalue weighted by molar-refractivity contribution is 7.99. The first-order valence-corrected chi connectivity index (χ1v) is 7.97. The topological polar surface area (TPSA) is 55.1 Å². The van der Waals surface area contributed by atoms with Gasteiger partial charge in [-0.05, 0) is 30.9 Å². The summed E-state index contributed by atoms with van der Waals surface area (Å²) in [5.74, 6) is -0.116. The lowest BCUT2D eigenvalue weighted by Crippen LogP contribution is -2.13. The number of thioether (sulfide) groups is 1. The van der Waals surface area contributed by atoms with Crippen LogP contribution in [-0.2, 0) is 4.79 Å². The first kappa shape index (κ1) is 13.5. The van der Waals surface area contributed by atoms with E-state index in [9.17, 15) is 4.79 Å². The molecular weight excluding hydrogens is 272 g/mol. The lowest BCUT2D eigenvalue weighted by Gasteiger charge is -2.20. The molecule has 5 heteroatoms. The Bertz CT molecular complexity index is 638. The van der Waals surface area contributed by atoms with Crippen LogP contribution in [0.1, 0.15) is 32.2 Å². The third-order valence-electron chi connectivity index (χ3n) is 4.04. The second-order valence-electron chi connectivity index (χ2n) is 5.41. The summed E-state index contributed by atoms with van der Waals surface area (Å²) in [6.45, 7) is 2.28. The van der Waals surface area contributed by atoms with Gasteiger partial charge in [-0.15, -0.1) is 0 Å². The van der Waals surface area contributed by atoms with Crippen LogP contribution in [0.15, 0.2) is 29.4 Å². The van der Waals surface area contributed by atoms with E-state index in [1.807, 2.05) is 18.2 Å². The Hall–Kier alpha value is -1.49. The third kappa shape index (κ3) is 2.42. The van der Waals surface area contributed by atoms with Gasteiger partial charge in [-0.1, -0.05) is 37.2 Å². The minimum absolute atomic E-state index is 0.0599. The molecule has 1 saturated carbocycles. The Kier molecular flexibility index (Phi) is 3.70. The van der Waals surface area contributed by atoms with Crippen molar-refractivity contribution in [3.05, 3.63) is 24.3 Å². The van der Waals surface area contributed by atoms with E-state index >= 15 is 0 Å². The van der Waals surface area contributed by atoms with Gasteiger partial charge in [0.25, 0.3) is 0 Å². The van der Waals surface area contributed by atoms with Gasteiger partial charge in [-0.25, -0.2) is 4.98 Å². The van der Waals surface area contributed by atoms with Gasteiger partial charge in [-0.2, -0.15) is 0 Å². The number of carboxylic acids is 1. The zero-order valence-electron chi connectivity index (χ0n) is 11.5. The Morgan fingerprint density at radius 1 is 1.45 bits per heavy atom. The number of aromatic nitrogens is 2. The molecule has 1 aromatic carbocycles. The van der Waals surface area contributed by atoms with Crippen molar-refractivity contribution in [3.63, 3.8) is 0 Å². The number of aliphatic carboxylic acids is 1. The molecule has 1 fully saturated rings. The standard InChI is InChI=1S/C15H18N2O2S/c1-10-5-4-8-12(10)17-13-7-3-2-6-11(13)16-15(17)20-9-14(18)19/h2-3,6-7,10,12H,4-5,8-9H2,1H3,(H,18,19). The second kappa shape index (κ2) is 5.48. The molecule has 1 heterocycles. The van der Waals surface area contributed by atoms with Crippen LogP contribution in [0, 0.1) is 5.92 Å². The first-order chi connectivity index (χ1) is 9.66. The summed E-state index contributed by atoms with van der Waals surface area (Å²) >= 11 is 1.32. The lowest BCUT2D eigenvalue weighted by atomic mass is 10.1. The number of carbonyl (C=O) groups is 1. The fraction of sp³-hybridized carbons (Fsp3) is 0.467. The molecule has 1 aliphatic carbocycles. The quantitative estimate of drug-likeness (QED) is 0.875. The molecule has 2 atom stereocenters. The monoisotopic (exact) mass is 290 g/mol. The highest BCUT2D eigenvalue weighted by atomic mass is 32.2. The molecule has 1 aliphatic rings. The highest BCUT2D eigenvalue weighted by Gasteiger charge is 2.28. The van der Waals surface area contributed by atoms with Gasteiger partial charge >= 0.3 is 5.97 Å². The van der Waals surface area contributed by atoms with Crippen molar-refractivity contribution in [2.45, 2.75) is 37.4 Å². The van der Waals surface area contributed by atoms with Crippen LogP contribution in [0.3, 0.4) is 0 Å². The van der Waals surface area contributed by atoms with Gasteiger partial charge in [0, 0.05) is 6.04 Å². The van der Waals surface area contributed by atoms with Crippen molar-refractivity contribution in [2.24, 2.45) is 5.92 Å². The van der Waals surface area contributed by atoms with E-state index in [2.05, 4.69) is 22.5 Å². The summed E-state index contributed by atoms with van der Waals surface area (Å²) in [4.78, 5) is 15.5. The van der Waals surface area contributed by atoms with Crippen LogP contribution in [0.2, 0.25) is 0 Å². The van der Waals surface area contributed by atoms with E-state index in [1.165, 1.54) is 24.6 Å². The number of benzene rings is 1. The van der Waals surface area contributed by atoms with Crippen molar-refractivity contribution < 1.29 is 9.90 Å². The summed E-state index contributed by atoms with van der Waals surface area (Å²) < 4.78 is 2.26. The minimum atomic E-state index is -0.798. The molecule has 0 spiro atoms. The summed E-state index contributed by atoms with van der Waals surface area (Å²) in [5, 5.41) is 9.74. The normalized spacial score (nSPS) is 22.4. The molecule has 1 N–H and O–H groups in total. The summed E-state index contributed by atoms with van der Waals surface area (Å²) in [7, 11) is 0. The number of carboxylic acid groups (broad SMARTS) is 1. The molecule has 2 unspecified atom stereocenters. The van der Waals surface area contributed by atoms with E-state index in [-0.39, 0.29) is 5.75 Å². The van der Waals surface area contributed by atoms with Crippen LogP contribution in [0.25, 0.3) is 11.0 Å². The molecule has 0 amide bonds. The summed E-state index contributed by atoms with van der Waals surface area (Å²) in [5.41, 5.74) is 2.08. The number of hydrogen-bond donors (Lipinski definition) is 1. The molecule has 2 aromatic rings. The van der Waals surface area contributed by atoms with Gasteiger partial charge in [0.15, 0.2) is 5.16 Å². The zero-order chi connectivity index (χ0) is 14.1. The molecule has 3 rings (SSSR count). The van der Waals surface area contributed by atoms with Crippen molar-refractivity contribution in [3.8, 4) is 0 Å². The molecule has 4 nitrogen and oxygen atoms in total. The van der Waals surface area contributed by atoms with Crippen LogP contribution >= 0.6 is 11.8 Å². The van der Waals surface area contributed by atoms with Gasteiger partial charge in [0.2, 0.25) is 0 Å². The maximum Gasteiger partial charge on any atom is 0.313 e. The molecule has 0 radical (unpaired) electrons. The fourth-order valence-electron chi connectivity index (χ4n) is 3.08. The van der Waals surface area contributed by atoms with E-state index in [1.54, 1.807) is 0 Å². The number of nitrogens with zero attached hydrogens (tertiary/aromatic N) is 2. The SMILES string of the molecule is CC1CCCC1n1c(SCC(=O)O)nc2ccccc21. The average Bonchev–Trinajstić information content (AvgIpc) is 2.99. The molecule has 106 valence electrons. The average molecular weight is 290 g/mol. The Balaban J connectivity index is 2.05. The number of fused-ring (bicyclic) bond motifs is 1. The van der Waals surface area contributed by atoms with Crippen molar-refractivity contribution in [1.82, 2.24) is 9.55 Å². The van der Waals surface area contributed by atoms with Gasteiger partial charge in [0.1, 0.15) is 0 Å². The number of para-hydroxylation sites is 2. The van der Waals surface area contributed by atoms with E-state index < -0.39 is 5.97 Å². The maximum atomic E-state index is 10.8. The highest BCUT2D eigenvalue weighted by Crippen LogP contribution is 2.40. The Morgan fingerprint density at radius 2 is 2.25 bits per heavy atom. The molecule has 0 aliphatic heterocycles.